The van der Waals surface area contributed by atoms with E-state index < -0.39 is 10.0 Å². The first kappa shape index (κ1) is 28.3. The van der Waals surface area contributed by atoms with Crippen LogP contribution in [0.1, 0.15) is 48.5 Å². The Kier molecular flexibility index (Phi) is 8.26. The molecule has 5 rings (SSSR count). The second-order valence-electron chi connectivity index (χ2n) is 11.0. The summed E-state index contributed by atoms with van der Waals surface area (Å²) >= 11 is 0. The molecular formula is C31H38N4O4S. The minimum Gasteiger partial charge on any atom is -0.341 e. The van der Waals surface area contributed by atoms with Crippen molar-refractivity contribution in [3.63, 3.8) is 0 Å². The lowest BCUT2D eigenvalue weighted by atomic mass is 9.90. The lowest BCUT2D eigenvalue weighted by molar-refractivity contribution is -0.137. The van der Waals surface area contributed by atoms with Gasteiger partial charge in [-0.05, 0) is 69.5 Å². The SMILES string of the molecule is CC[C@H]1CN(C(=O)[C@@H]2CCCN2C)CC[C@@H]1NS(=O)(=O)c1cccc2c(NC(=O)c3ccccc3C)cccc12. The molecule has 2 aliphatic heterocycles. The molecule has 0 saturated carbocycles. The quantitative estimate of drug-likeness (QED) is 0.445. The largest absolute Gasteiger partial charge is 0.341 e. The molecule has 0 aromatic heterocycles. The molecule has 212 valence electrons. The van der Waals surface area contributed by atoms with Gasteiger partial charge in [0.15, 0.2) is 0 Å². The molecule has 0 aliphatic carbocycles. The van der Waals surface area contributed by atoms with Crippen LogP contribution in [0, 0.1) is 12.8 Å². The fourth-order valence-corrected chi connectivity index (χ4v) is 7.70. The topological polar surface area (TPSA) is 98.8 Å². The minimum atomic E-state index is -3.87. The molecule has 2 N–H and O–H groups in total. The Morgan fingerprint density at radius 2 is 1.70 bits per heavy atom. The Morgan fingerprint density at radius 1 is 0.950 bits per heavy atom. The van der Waals surface area contributed by atoms with Crippen LogP contribution in [0.2, 0.25) is 0 Å². The van der Waals surface area contributed by atoms with Gasteiger partial charge in [0, 0.05) is 41.2 Å². The Bertz CT molecular complexity index is 1520. The van der Waals surface area contributed by atoms with Crippen molar-refractivity contribution >= 4 is 38.3 Å². The number of anilines is 1. The second-order valence-corrected chi connectivity index (χ2v) is 12.7. The molecular weight excluding hydrogens is 524 g/mol. The standard InChI is InChI=1S/C31H38N4O4S/c1-4-22-20-35(31(37)28-15-9-18-34(28)3)19-17-26(22)33-40(38,39)29-16-8-12-24-25(29)13-7-14-27(24)32-30(36)23-11-6-5-10-21(23)2/h5-8,10-14,16,22,26,28,33H,4,9,15,17-20H2,1-3H3,(H,32,36)/t22-,26-,28-/m0/s1. The second kappa shape index (κ2) is 11.7. The Labute approximate surface area is 236 Å². The van der Waals surface area contributed by atoms with Gasteiger partial charge in [0.2, 0.25) is 15.9 Å². The van der Waals surface area contributed by atoms with Crippen molar-refractivity contribution in [2.24, 2.45) is 5.92 Å². The van der Waals surface area contributed by atoms with E-state index in [0.29, 0.717) is 41.5 Å². The molecule has 0 bridgehead atoms. The van der Waals surface area contributed by atoms with Gasteiger partial charge in [-0.25, -0.2) is 13.1 Å². The van der Waals surface area contributed by atoms with E-state index in [1.165, 1.54) is 0 Å². The van der Waals surface area contributed by atoms with Gasteiger partial charge < -0.3 is 10.2 Å². The number of amides is 2. The molecule has 3 aromatic rings. The maximum atomic E-state index is 13.8. The Hall–Kier alpha value is -3.27. The minimum absolute atomic E-state index is 0.0260. The predicted octanol–water partition coefficient (Wildman–Crippen LogP) is 4.40. The van der Waals surface area contributed by atoms with E-state index in [-0.39, 0.29) is 34.7 Å². The van der Waals surface area contributed by atoms with Gasteiger partial charge in [-0.2, -0.15) is 0 Å². The number of likely N-dealkylation sites (N-methyl/N-ethyl adjacent to an activating group) is 1. The molecule has 40 heavy (non-hydrogen) atoms. The summed E-state index contributed by atoms with van der Waals surface area (Å²) in [6, 6.07) is 17.5. The number of benzene rings is 3. The molecule has 2 amide bonds. The Balaban J connectivity index is 1.35. The van der Waals surface area contributed by atoms with Crippen molar-refractivity contribution in [2.75, 3.05) is 32.0 Å². The van der Waals surface area contributed by atoms with Gasteiger partial charge in [-0.15, -0.1) is 0 Å². The molecule has 0 unspecified atom stereocenters. The summed E-state index contributed by atoms with van der Waals surface area (Å²) in [7, 11) is -1.87. The molecule has 3 aromatic carbocycles. The third-order valence-electron chi connectivity index (χ3n) is 8.49. The number of rotatable bonds is 7. The number of hydrogen-bond acceptors (Lipinski definition) is 5. The zero-order valence-electron chi connectivity index (χ0n) is 23.4. The number of nitrogens with one attached hydrogen (secondary N) is 2. The van der Waals surface area contributed by atoms with Crippen LogP contribution in [0.25, 0.3) is 10.8 Å². The van der Waals surface area contributed by atoms with Crippen LogP contribution in [0.3, 0.4) is 0 Å². The smallest absolute Gasteiger partial charge is 0.255 e. The van der Waals surface area contributed by atoms with Gasteiger partial charge in [-0.3, -0.25) is 14.5 Å². The Morgan fingerprint density at radius 3 is 2.42 bits per heavy atom. The number of aryl methyl sites for hydroxylation is 1. The summed E-state index contributed by atoms with van der Waals surface area (Å²) in [5.74, 6) is -0.0555. The van der Waals surface area contributed by atoms with Crippen LogP contribution < -0.4 is 10.0 Å². The van der Waals surface area contributed by atoms with Crippen molar-refractivity contribution in [1.29, 1.82) is 0 Å². The zero-order valence-corrected chi connectivity index (χ0v) is 24.2. The van der Waals surface area contributed by atoms with E-state index >= 15 is 0 Å². The first-order valence-corrected chi connectivity index (χ1v) is 15.6. The highest BCUT2D eigenvalue weighted by molar-refractivity contribution is 7.89. The number of likely N-dealkylation sites (tertiary alicyclic amines) is 2. The molecule has 2 saturated heterocycles. The van der Waals surface area contributed by atoms with Gasteiger partial charge in [0.1, 0.15) is 0 Å². The molecule has 2 aliphatic rings. The molecule has 8 nitrogen and oxygen atoms in total. The molecule has 0 radical (unpaired) electrons. The number of fused-ring (bicyclic) bond motifs is 1. The van der Waals surface area contributed by atoms with Gasteiger partial charge >= 0.3 is 0 Å². The maximum Gasteiger partial charge on any atom is 0.255 e. The fraction of sp³-hybridized carbons (Fsp3) is 0.419. The number of hydrogen-bond donors (Lipinski definition) is 2. The van der Waals surface area contributed by atoms with Crippen molar-refractivity contribution < 1.29 is 18.0 Å². The van der Waals surface area contributed by atoms with Crippen LogP contribution in [-0.2, 0) is 14.8 Å². The predicted molar refractivity (Wildman–Crippen MR) is 158 cm³/mol. The highest BCUT2D eigenvalue weighted by Gasteiger charge is 2.37. The van der Waals surface area contributed by atoms with E-state index in [2.05, 4.69) is 14.9 Å². The highest BCUT2D eigenvalue weighted by Crippen LogP contribution is 2.31. The summed E-state index contributed by atoms with van der Waals surface area (Å²) in [6.45, 7) is 5.95. The lowest BCUT2D eigenvalue weighted by Gasteiger charge is -2.40. The number of piperidine rings is 1. The summed E-state index contributed by atoms with van der Waals surface area (Å²) in [5, 5.41) is 4.16. The van der Waals surface area contributed by atoms with Crippen LogP contribution in [-0.4, -0.2) is 68.8 Å². The molecule has 2 fully saturated rings. The zero-order chi connectivity index (χ0) is 28.4. The van der Waals surface area contributed by atoms with Crippen molar-refractivity contribution in [2.45, 2.75) is 56.5 Å². The van der Waals surface area contributed by atoms with Crippen LogP contribution >= 0.6 is 0 Å². The summed E-state index contributed by atoms with van der Waals surface area (Å²) in [5.41, 5.74) is 1.99. The lowest BCUT2D eigenvalue weighted by Crippen LogP contribution is -2.55. The summed E-state index contributed by atoms with van der Waals surface area (Å²) < 4.78 is 30.5. The average Bonchev–Trinajstić information content (AvgIpc) is 3.38. The third kappa shape index (κ3) is 5.64. The van der Waals surface area contributed by atoms with Crippen molar-refractivity contribution in [3.8, 4) is 0 Å². The maximum absolute atomic E-state index is 13.8. The van der Waals surface area contributed by atoms with E-state index in [1.54, 1.807) is 36.4 Å². The summed E-state index contributed by atoms with van der Waals surface area (Å²) in [4.78, 5) is 30.4. The molecule has 9 heteroatoms. The number of carbonyl (C=O) groups is 2. The first-order chi connectivity index (χ1) is 19.2. The number of nitrogens with zero attached hydrogens (tertiary/aromatic N) is 2. The van der Waals surface area contributed by atoms with Crippen molar-refractivity contribution in [3.05, 3.63) is 71.8 Å². The van der Waals surface area contributed by atoms with Crippen LogP contribution in [0.5, 0.6) is 0 Å². The number of carbonyl (C=O) groups excluding carboxylic acids is 2. The van der Waals surface area contributed by atoms with Crippen LogP contribution in [0.4, 0.5) is 5.69 Å². The number of sulfonamides is 1. The first-order valence-electron chi connectivity index (χ1n) is 14.1. The monoisotopic (exact) mass is 562 g/mol. The van der Waals surface area contributed by atoms with Crippen molar-refractivity contribution in [1.82, 2.24) is 14.5 Å². The summed E-state index contributed by atoms with van der Waals surface area (Å²) in [6.07, 6.45) is 3.25. The third-order valence-corrected chi connectivity index (χ3v) is 10.0. The highest BCUT2D eigenvalue weighted by atomic mass is 32.2. The van der Waals surface area contributed by atoms with E-state index in [0.717, 1.165) is 31.4 Å². The molecule has 0 spiro atoms. The van der Waals surface area contributed by atoms with Gasteiger partial charge in [-0.1, -0.05) is 55.8 Å². The van der Waals surface area contributed by atoms with E-state index in [9.17, 15) is 18.0 Å². The van der Waals surface area contributed by atoms with Crippen LogP contribution in [0.15, 0.2) is 65.6 Å². The molecule has 2 heterocycles. The van der Waals surface area contributed by atoms with Gasteiger partial charge in [0.25, 0.3) is 5.91 Å². The van der Waals surface area contributed by atoms with Gasteiger partial charge in [0.05, 0.1) is 10.9 Å². The fourth-order valence-electron chi connectivity index (χ4n) is 6.14. The normalized spacial score (nSPS) is 22.0. The van der Waals surface area contributed by atoms with E-state index in [1.807, 2.05) is 50.1 Å². The van der Waals surface area contributed by atoms with E-state index in [4.69, 9.17) is 0 Å². The average molecular weight is 563 g/mol. The molecule has 3 atom stereocenters.